The van der Waals surface area contributed by atoms with Crippen LogP contribution >= 0.6 is 27.5 Å². The lowest BCUT2D eigenvalue weighted by molar-refractivity contribution is -0.148. The first kappa shape index (κ1) is 14.3. The number of ether oxygens (including phenoxy) is 1. The molecule has 0 spiro atoms. The molecule has 0 heterocycles. The Bertz CT molecular complexity index is 447. The van der Waals surface area contributed by atoms with Crippen LogP contribution in [0.4, 0.5) is 0 Å². The van der Waals surface area contributed by atoms with E-state index in [0.717, 1.165) is 10.0 Å². The van der Waals surface area contributed by atoms with Crippen LogP contribution < -0.4 is 0 Å². The van der Waals surface area contributed by atoms with Crippen LogP contribution in [-0.2, 0) is 9.53 Å². The fraction of sp³-hybridized carbons (Fsp3) is 0.308. The second-order valence-corrected chi connectivity index (χ2v) is 5.82. The third kappa shape index (κ3) is 5.37. The predicted octanol–water partition coefficient (Wildman–Crippen LogP) is 4.46. The second-order valence-electron chi connectivity index (χ2n) is 4.53. The van der Waals surface area contributed by atoms with Gasteiger partial charge in [-0.3, -0.25) is 0 Å². The van der Waals surface area contributed by atoms with Gasteiger partial charge in [0.15, 0.2) is 0 Å². The molecule has 0 saturated heterocycles. The summed E-state index contributed by atoms with van der Waals surface area (Å²) < 4.78 is 6.03. The van der Waals surface area contributed by atoms with Crippen LogP contribution in [0.25, 0.3) is 6.08 Å². The number of esters is 1. The molecular formula is C13H14BrClO2. The molecule has 0 bridgehead atoms. The van der Waals surface area contributed by atoms with Gasteiger partial charge in [-0.05, 0) is 50.6 Å². The first-order valence-electron chi connectivity index (χ1n) is 5.14. The smallest absolute Gasteiger partial charge is 0.331 e. The molecule has 0 aromatic heterocycles. The van der Waals surface area contributed by atoms with Crippen molar-refractivity contribution in [2.24, 2.45) is 0 Å². The molecule has 0 amide bonds. The van der Waals surface area contributed by atoms with Gasteiger partial charge in [-0.15, -0.1) is 0 Å². The molecule has 0 atom stereocenters. The summed E-state index contributed by atoms with van der Waals surface area (Å²) >= 11 is 9.25. The maximum Gasteiger partial charge on any atom is 0.331 e. The Labute approximate surface area is 115 Å². The number of carbonyl (C=O) groups is 1. The highest BCUT2D eigenvalue weighted by molar-refractivity contribution is 9.10. The van der Waals surface area contributed by atoms with Crippen LogP contribution in [-0.4, -0.2) is 11.6 Å². The minimum atomic E-state index is -0.479. The average molecular weight is 318 g/mol. The number of benzene rings is 1. The van der Waals surface area contributed by atoms with E-state index in [1.807, 2.05) is 26.8 Å². The number of carbonyl (C=O) groups excluding carboxylic acids is 1. The van der Waals surface area contributed by atoms with Crippen LogP contribution in [0, 0.1) is 0 Å². The topological polar surface area (TPSA) is 26.3 Å². The summed E-state index contributed by atoms with van der Waals surface area (Å²) in [6.45, 7) is 5.48. The number of hydrogen-bond acceptors (Lipinski definition) is 2. The summed E-state index contributed by atoms with van der Waals surface area (Å²) in [6.07, 6.45) is 3.06. The van der Waals surface area contributed by atoms with Gasteiger partial charge in [-0.1, -0.05) is 27.5 Å². The lowest BCUT2D eigenvalue weighted by Crippen LogP contribution is -2.22. The molecular weight excluding hydrogens is 303 g/mol. The van der Waals surface area contributed by atoms with E-state index in [0.29, 0.717) is 5.02 Å². The van der Waals surface area contributed by atoms with Crippen molar-refractivity contribution >= 4 is 39.6 Å². The van der Waals surface area contributed by atoms with Crippen molar-refractivity contribution in [3.8, 4) is 0 Å². The first-order chi connectivity index (χ1) is 7.78. The van der Waals surface area contributed by atoms with E-state index in [9.17, 15) is 4.79 Å². The van der Waals surface area contributed by atoms with Crippen molar-refractivity contribution in [3.63, 3.8) is 0 Å². The van der Waals surface area contributed by atoms with Crippen LogP contribution in [0.3, 0.4) is 0 Å². The number of hydrogen-bond donors (Lipinski definition) is 0. The zero-order chi connectivity index (χ0) is 13.1. The molecule has 92 valence electrons. The van der Waals surface area contributed by atoms with Gasteiger partial charge in [0.25, 0.3) is 0 Å². The van der Waals surface area contributed by atoms with E-state index in [2.05, 4.69) is 15.9 Å². The molecule has 0 aliphatic rings. The summed E-state index contributed by atoms with van der Waals surface area (Å²) in [7, 11) is 0. The van der Waals surface area contributed by atoms with Crippen molar-refractivity contribution in [3.05, 3.63) is 39.3 Å². The molecule has 1 aromatic carbocycles. The van der Waals surface area contributed by atoms with Gasteiger partial charge in [-0.25, -0.2) is 4.79 Å². The van der Waals surface area contributed by atoms with E-state index >= 15 is 0 Å². The molecule has 0 saturated carbocycles. The SMILES string of the molecule is CC(C)(C)OC(=O)C=Cc1cc(Cl)ccc1Br. The summed E-state index contributed by atoms with van der Waals surface area (Å²) in [5.74, 6) is -0.371. The van der Waals surface area contributed by atoms with Crippen molar-refractivity contribution in [2.75, 3.05) is 0 Å². The molecule has 4 heteroatoms. The summed E-state index contributed by atoms with van der Waals surface area (Å²) in [4.78, 5) is 11.5. The number of halogens is 2. The second kappa shape index (κ2) is 5.69. The highest BCUT2D eigenvalue weighted by atomic mass is 79.9. The van der Waals surface area contributed by atoms with E-state index < -0.39 is 5.60 Å². The van der Waals surface area contributed by atoms with Gasteiger partial charge in [0.05, 0.1) is 0 Å². The Kier molecular flexibility index (Phi) is 4.78. The Balaban J connectivity index is 2.77. The van der Waals surface area contributed by atoms with Crippen molar-refractivity contribution in [2.45, 2.75) is 26.4 Å². The molecule has 1 aromatic rings. The molecule has 2 nitrogen and oxygen atoms in total. The minimum absolute atomic E-state index is 0.371. The van der Waals surface area contributed by atoms with Crippen molar-refractivity contribution < 1.29 is 9.53 Å². The zero-order valence-electron chi connectivity index (χ0n) is 9.96. The molecule has 0 radical (unpaired) electrons. The molecule has 1 rings (SSSR count). The van der Waals surface area contributed by atoms with Crippen LogP contribution in [0.15, 0.2) is 28.7 Å². The molecule has 0 N–H and O–H groups in total. The fourth-order valence-corrected chi connectivity index (χ4v) is 1.70. The third-order valence-corrected chi connectivity index (χ3v) is 2.72. The maximum absolute atomic E-state index is 11.5. The number of rotatable bonds is 2. The van der Waals surface area contributed by atoms with Gasteiger partial charge < -0.3 is 4.74 Å². The molecule has 17 heavy (non-hydrogen) atoms. The fourth-order valence-electron chi connectivity index (χ4n) is 1.14. The Hall–Kier alpha value is -0.800. The molecule has 0 fully saturated rings. The highest BCUT2D eigenvalue weighted by Crippen LogP contribution is 2.22. The van der Waals surface area contributed by atoms with E-state index in [4.69, 9.17) is 16.3 Å². The first-order valence-corrected chi connectivity index (χ1v) is 6.31. The third-order valence-electron chi connectivity index (χ3n) is 1.76. The average Bonchev–Trinajstić information content (AvgIpc) is 2.17. The Morgan fingerprint density at radius 2 is 2.06 bits per heavy atom. The van der Waals surface area contributed by atoms with Crippen LogP contribution in [0.1, 0.15) is 26.3 Å². The summed E-state index contributed by atoms with van der Waals surface area (Å²) in [6, 6.07) is 5.38. The van der Waals surface area contributed by atoms with Gasteiger partial charge in [0.1, 0.15) is 5.60 Å². The molecule has 0 unspecified atom stereocenters. The maximum atomic E-state index is 11.5. The Morgan fingerprint density at radius 1 is 1.41 bits per heavy atom. The van der Waals surface area contributed by atoms with Gasteiger partial charge in [0.2, 0.25) is 0 Å². The highest BCUT2D eigenvalue weighted by Gasteiger charge is 2.13. The van der Waals surface area contributed by atoms with E-state index in [-0.39, 0.29) is 5.97 Å². The normalized spacial score (nSPS) is 11.8. The molecule has 0 aliphatic carbocycles. The minimum Gasteiger partial charge on any atom is -0.457 e. The van der Waals surface area contributed by atoms with Gasteiger partial charge in [0, 0.05) is 15.6 Å². The van der Waals surface area contributed by atoms with Crippen LogP contribution in [0.5, 0.6) is 0 Å². The quantitative estimate of drug-likeness (QED) is 0.595. The van der Waals surface area contributed by atoms with E-state index in [1.54, 1.807) is 18.2 Å². The lowest BCUT2D eigenvalue weighted by atomic mass is 10.2. The standard InChI is InChI=1S/C13H14BrClO2/c1-13(2,3)17-12(16)7-4-9-8-10(15)5-6-11(9)14/h4-8H,1-3H3. The van der Waals surface area contributed by atoms with Gasteiger partial charge in [-0.2, -0.15) is 0 Å². The zero-order valence-corrected chi connectivity index (χ0v) is 12.3. The summed E-state index contributed by atoms with van der Waals surface area (Å²) in [5.41, 5.74) is 0.357. The van der Waals surface area contributed by atoms with Crippen molar-refractivity contribution in [1.29, 1.82) is 0 Å². The van der Waals surface area contributed by atoms with E-state index in [1.165, 1.54) is 6.08 Å². The van der Waals surface area contributed by atoms with Gasteiger partial charge >= 0.3 is 5.97 Å². The largest absolute Gasteiger partial charge is 0.457 e. The van der Waals surface area contributed by atoms with Crippen molar-refractivity contribution in [1.82, 2.24) is 0 Å². The monoisotopic (exact) mass is 316 g/mol. The summed E-state index contributed by atoms with van der Waals surface area (Å²) in [5, 5.41) is 0.622. The predicted molar refractivity (Wildman–Crippen MR) is 74.0 cm³/mol. The Morgan fingerprint density at radius 3 is 2.65 bits per heavy atom. The lowest BCUT2D eigenvalue weighted by Gasteiger charge is -2.17. The molecule has 0 aliphatic heterocycles. The van der Waals surface area contributed by atoms with Crippen LogP contribution in [0.2, 0.25) is 5.02 Å².